The molecule has 0 aliphatic carbocycles. The van der Waals surface area contributed by atoms with Crippen LogP contribution in [0.25, 0.3) is 11.3 Å². The van der Waals surface area contributed by atoms with Crippen LogP contribution < -0.4 is 10.6 Å². The summed E-state index contributed by atoms with van der Waals surface area (Å²) in [5.74, 6) is 0.714. The Hall–Kier alpha value is -3.80. The molecule has 0 aliphatic heterocycles. The van der Waals surface area contributed by atoms with Crippen LogP contribution in [0.15, 0.2) is 85.1 Å². The van der Waals surface area contributed by atoms with Crippen molar-refractivity contribution in [2.24, 2.45) is 0 Å². The van der Waals surface area contributed by atoms with Gasteiger partial charge in [0.1, 0.15) is 11.6 Å². The maximum atomic E-state index is 13.5. The van der Waals surface area contributed by atoms with E-state index in [9.17, 15) is 4.39 Å². The van der Waals surface area contributed by atoms with E-state index in [0.717, 1.165) is 17.0 Å². The number of rotatable bonds is 6. The van der Waals surface area contributed by atoms with Crippen LogP contribution in [0, 0.1) is 5.82 Å². The molecule has 0 fully saturated rings. The number of benzene rings is 2. The SMILES string of the molecule is Fc1cccc(Nc2nc(NCc3ccccn3)cc(-c3ccccc3)n2)c1. The number of anilines is 3. The first-order valence-corrected chi connectivity index (χ1v) is 8.87. The number of halogens is 1. The molecule has 28 heavy (non-hydrogen) atoms. The lowest BCUT2D eigenvalue weighted by Gasteiger charge is -2.11. The molecule has 0 unspecified atom stereocenters. The number of nitrogens with one attached hydrogen (secondary N) is 2. The highest BCUT2D eigenvalue weighted by molar-refractivity contribution is 5.66. The van der Waals surface area contributed by atoms with Crippen molar-refractivity contribution < 1.29 is 4.39 Å². The van der Waals surface area contributed by atoms with E-state index in [1.807, 2.05) is 54.6 Å². The molecule has 0 radical (unpaired) electrons. The van der Waals surface area contributed by atoms with Gasteiger partial charge in [0.05, 0.1) is 17.9 Å². The molecular formula is C22H18FN5. The molecule has 2 heterocycles. The molecule has 2 aromatic carbocycles. The van der Waals surface area contributed by atoms with Crippen LogP contribution in [0.5, 0.6) is 0 Å². The number of hydrogen-bond donors (Lipinski definition) is 2. The van der Waals surface area contributed by atoms with Gasteiger partial charge >= 0.3 is 0 Å². The summed E-state index contributed by atoms with van der Waals surface area (Å²) in [6.45, 7) is 0.533. The monoisotopic (exact) mass is 371 g/mol. The molecule has 138 valence electrons. The highest BCUT2D eigenvalue weighted by Crippen LogP contribution is 2.23. The minimum absolute atomic E-state index is 0.322. The summed E-state index contributed by atoms with van der Waals surface area (Å²) in [4.78, 5) is 13.4. The van der Waals surface area contributed by atoms with Crippen LogP contribution in [0.1, 0.15) is 5.69 Å². The van der Waals surface area contributed by atoms with Crippen LogP contribution in [-0.2, 0) is 6.54 Å². The molecule has 4 rings (SSSR count). The third-order valence-corrected chi connectivity index (χ3v) is 4.05. The van der Waals surface area contributed by atoms with E-state index in [1.165, 1.54) is 12.1 Å². The van der Waals surface area contributed by atoms with Gasteiger partial charge in [-0.3, -0.25) is 4.98 Å². The summed E-state index contributed by atoms with van der Waals surface area (Å²) in [5, 5.41) is 6.36. The Bertz CT molecular complexity index is 1050. The van der Waals surface area contributed by atoms with Crippen molar-refractivity contribution in [3.05, 3.63) is 96.6 Å². The zero-order valence-electron chi connectivity index (χ0n) is 15.0. The lowest BCUT2D eigenvalue weighted by atomic mass is 10.1. The fourth-order valence-corrected chi connectivity index (χ4v) is 2.73. The largest absolute Gasteiger partial charge is 0.364 e. The van der Waals surface area contributed by atoms with Crippen molar-refractivity contribution in [2.45, 2.75) is 6.54 Å². The molecule has 5 nitrogen and oxygen atoms in total. The normalized spacial score (nSPS) is 10.5. The van der Waals surface area contributed by atoms with Crippen LogP contribution in [0.4, 0.5) is 21.8 Å². The maximum Gasteiger partial charge on any atom is 0.229 e. The van der Waals surface area contributed by atoms with E-state index in [-0.39, 0.29) is 5.82 Å². The second-order valence-electron chi connectivity index (χ2n) is 6.14. The van der Waals surface area contributed by atoms with Gasteiger partial charge in [0.2, 0.25) is 5.95 Å². The van der Waals surface area contributed by atoms with E-state index in [4.69, 9.17) is 0 Å². The molecule has 6 heteroatoms. The van der Waals surface area contributed by atoms with Gasteiger partial charge in [0.25, 0.3) is 0 Å². The Morgan fingerprint density at radius 2 is 1.68 bits per heavy atom. The smallest absolute Gasteiger partial charge is 0.229 e. The zero-order chi connectivity index (χ0) is 19.2. The van der Waals surface area contributed by atoms with Crippen LogP contribution in [0.3, 0.4) is 0 Å². The number of nitrogens with zero attached hydrogens (tertiary/aromatic N) is 3. The topological polar surface area (TPSA) is 62.7 Å². The van der Waals surface area contributed by atoms with Crippen LogP contribution in [0.2, 0.25) is 0 Å². The molecule has 4 aromatic rings. The quantitative estimate of drug-likeness (QED) is 0.497. The van der Waals surface area contributed by atoms with Gasteiger partial charge in [-0.05, 0) is 30.3 Å². The molecule has 0 bridgehead atoms. The lowest BCUT2D eigenvalue weighted by Crippen LogP contribution is -2.06. The Morgan fingerprint density at radius 3 is 2.46 bits per heavy atom. The van der Waals surface area contributed by atoms with Crippen LogP contribution in [-0.4, -0.2) is 15.0 Å². The summed E-state index contributed by atoms with van der Waals surface area (Å²) in [5.41, 5.74) is 3.22. The number of aromatic nitrogens is 3. The molecule has 2 N–H and O–H groups in total. The third kappa shape index (κ3) is 4.48. The summed E-state index contributed by atoms with van der Waals surface area (Å²) < 4.78 is 13.5. The third-order valence-electron chi connectivity index (χ3n) is 4.05. The summed E-state index contributed by atoms with van der Waals surface area (Å²) in [7, 11) is 0. The predicted molar refractivity (Wildman–Crippen MR) is 109 cm³/mol. The molecule has 0 amide bonds. The summed E-state index contributed by atoms with van der Waals surface area (Å²) in [6.07, 6.45) is 1.75. The van der Waals surface area contributed by atoms with Crippen molar-refractivity contribution >= 4 is 17.5 Å². The van der Waals surface area contributed by atoms with Crippen molar-refractivity contribution in [3.63, 3.8) is 0 Å². The lowest BCUT2D eigenvalue weighted by molar-refractivity contribution is 0.628. The standard InChI is InChI=1S/C22H18FN5/c23-17-9-6-11-18(13-17)26-22-27-20(16-7-2-1-3-8-16)14-21(28-22)25-15-19-10-4-5-12-24-19/h1-14H,15H2,(H2,25,26,27,28). The molecule has 0 spiro atoms. The van der Waals surface area contributed by atoms with Gasteiger partial charge in [-0.25, -0.2) is 9.37 Å². The van der Waals surface area contributed by atoms with Crippen molar-refractivity contribution in [2.75, 3.05) is 10.6 Å². The zero-order valence-corrected chi connectivity index (χ0v) is 15.0. The van der Waals surface area contributed by atoms with Gasteiger partial charge in [0.15, 0.2) is 0 Å². The molecule has 0 atom stereocenters. The Kier molecular flexibility index (Phi) is 5.20. The van der Waals surface area contributed by atoms with Crippen molar-refractivity contribution in [1.82, 2.24) is 15.0 Å². The van der Waals surface area contributed by atoms with E-state index < -0.39 is 0 Å². The number of pyridine rings is 1. The second kappa shape index (κ2) is 8.26. The first-order valence-electron chi connectivity index (χ1n) is 8.87. The highest BCUT2D eigenvalue weighted by atomic mass is 19.1. The predicted octanol–water partition coefficient (Wildman–Crippen LogP) is 5.03. The highest BCUT2D eigenvalue weighted by Gasteiger charge is 2.08. The minimum Gasteiger partial charge on any atom is -0.364 e. The van der Waals surface area contributed by atoms with Gasteiger partial charge in [-0.15, -0.1) is 0 Å². The van der Waals surface area contributed by atoms with E-state index in [0.29, 0.717) is 24.0 Å². The van der Waals surface area contributed by atoms with E-state index in [1.54, 1.807) is 18.3 Å². The van der Waals surface area contributed by atoms with E-state index in [2.05, 4.69) is 25.6 Å². The minimum atomic E-state index is -0.322. The van der Waals surface area contributed by atoms with Gasteiger partial charge in [0, 0.05) is 23.5 Å². The Balaban J connectivity index is 1.64. The second-order valence-corrected chi connectivity index (χ2v) is 6.14. The van der Waals surface area contributed by atoms with Gasteiger partial charge in [-0.2, -0.15) is 4.98 Å². The molecule has 0 saturated heterocycles. The van der Waals surface area contributed by atoms with E-state index >= 15 is 0 Å². The molecule has 2 aromatic heterocycles. The molecule has 0 saturated carbocycles. The molecular weight excluding hydrogens is 353 g/mol. The Labute approximate surface area is 162 Å². The summed E-state index contributed by atoms with van der Waals surface area (Å²) in [6, 6.07) is 23.7. The fraction of sp³-hybridized carbons (Fsp3) is 0.0455. The Morgan fingerprint density at radius 1 is 0.821 bits per heavy atom. The average molecular weight is 371 g/mol. The van der Waals surface area contributed by atoms with Gasteiger partial charge in [-0.1, -0.05) is 42.5 Å². The average Bonchev–Trinajstić information content (AvgIpc) is 2.74. The number of hydrogen-bond acceptors (Lipinski definition) is 5. The first-order chi connectivity index (χ1) is 13.8. The van der Waals surface area contributed by atoms with Crippen molar-refractivity contribution in [3.8, 4) is 11.3 Å². The van der Waals surface area contributed by atoms with Crippen LogP contribution >= 0.6 is 0 Å². The first kappa shape index (κ1) is 17.6. The van der Waals surface area contributed by atoms with Crippen molar-refractivity contribution in [1.29, 1.82) is 0 Å². The molecule has 0 aliphatic rings. The maximum absolute atomic E-state index is 13.5. The summed E-state index contributed by atoms with van der Waals surface area (Å²) >= 11 is 0. The van der Waals surface area contributed by atoms with Gasteiger partial charge < -0.3 is 10.6 Å². The fourth-order valence-electron chi connectivity index (χ4n) is 2.73.